The maximum absolute atomic E-state index is 6.26. The fourth-order valence-corrected chi connectivity index (χ4v) is 3.31. The van der Waals surface area contributed by atoms with E-state index in [1.165, 1.54) is 51.7 Å². The third kappa shape index (κ3) is 3.21. The molecule has 0 spiro atoms. The van der Waals surface area contributed by atoms with E-state index >= 15 is 0 Å². The first-order valence-corrected chi connectivity index (χ1v) is 7.13. The number of piperidine rings is 1. The SMILES string of the molecule is CC1CCN(CC2CC(C)CCC2N)CC1. The molecule has 3 atom stereocenters. The number of hydrogen-bond donors (Lipinski definition) is 1. The number of likely N-dealkylation sites (tertiary alicyclic amines) is 1. The zero-order valence-corrected chi connectivity index (χ0v) is 11.0. The second-order valence-electron chi connectivity index (χ2n) is 6.33. The van der Waals surface area contributed by atoms with Crippen molar-refractivity contribution in [3.8, 4) is 0 Å². The maximum Gasteiger partial charge on any atom is 0.00795 e. The molecule has 94 valence electrons. The average molecular weight is 224 g/mol. The van der Waals surface area contributed by atoms with Crippen molar-refractivity contribution in [1.29, 1.82) is 0 Å². The summed E-state index contributed by atoms with van der Waals surface area (Å²) < 4.78 is 0. The van der Waals surface area contributed by atoms with Gasteiger partial charge in [0.05, 0.1) is 0 Å². The molecule has 0 bridgehead atoms. The highest BCUT2D eigenvalue weighted by molar-refractivity contribution is 4.84. The molecule has 3 unspecified atom stereocenters. The smallest absolute Gasteiger partial charge is 0.00795 e. The van der Waals surface area contributed by atoms with Crippen LogP contribution in [0.1, 0.15) is 46.0 Å². The van der Waals surface area contributed by atoms with Gasteiger partial charge in [-0.05, 0) is 62.9 Å². The predicted octanol–water partition coefficient (Wildman–Crippen LogP) is 2.48. The van der Waals surface area contributed by atoms with Gasteiger partial charge in [0.15, 0.2) is 0 Å². The number of hydrogen-bond acceptors (Lipinski definition) is 2. The molecule has 2 N–H and O–H groups in total. The lowest BCUT2D eigenvalue weighted by molar-refractivity contribution is 0.128. The topological polar surface area (TPSA) is 29.3 Å². The van der Waals surface area contributed by atoms with E-state index in [-0.39, 0.29) is 0 Å². The third-order valence-corrected chi connectivity index (χ3v) is 4.67. The van der Waals surface area contributed by atoms with Crippen LogP contribution in [-0.4, -0.2) is 30.6 Å². The molecular formula is C14H28N2. The van der Waals surface area contributed by atoms with E-state index in [0.29, 0.717) is 6.04 Å². The largest absolute Gasteiger partial charge is 0.327 e. The molecule has 2 heteroatoms. The summed E-state index contributed by atoms with van der Waals surface area (Å²) in [5.74, 6) is 2.60. The second-order valence-corrected chi connectivity index (χ2v) is 6.33. The van der Waals surface area contributed by atoms with Crippen LogP contribution in [0.3, 0.4) is 0 Å². The van der Waals surface area contributed by atoms with Crippen molar-refractivity contribution in [3.63, 3.8) is 0 Å². The standard InChI is InChI=1S/C14H28N2/c1-11-5-7-16(8-6-11)10-13-9-12(2)3-4-14(13)15/h11-14H,3-10,15H2,1-2H3. The van der Waals surface area contributed by atoms with Gasteiger partial charge in [0.2, 0.25) is 0 Å². The summed E-state index contributed by atoms with van der Waals surface area (Å²) >= 11 is 0. The zero-order chi connectivity index (χ0) is 11.5. The van der Waals surface area contributed by atoms with Gasteiger partial charge in [0.1, 0.15) is 0 Å². The summed E-state index contributed by atoms with van der Waals surface area (Å²) in [5, 5.41) is 0. The van der Waals surface area contributed by atoms with Crippen LogP contribution in [0.2, 0.25) is 0 Å². The van der Waals surface area contributed by atoms with Gasteiger partial charge < -0.3 is 10.6 Å². The van der Waals surface area contributed by atoms with Crippen LogP contribution in [0.25, 0.3) is 0 Å². The molecular weight excluding hydrogens is 196 g/mol. The highest BCUT2D eigenvalue weighted by Crippen LogP contribution is 2.29. The van der Waals surface area contributed by atoms with Crippen molar-refractivity contribution < 1.29 is 0 Å². The Kier molecular flexibility index (Phi) is 4.26. The highest BCUT2D eigenvalue weighted by Gasteiger charge is 2.28. The van der Waals surface area contributed by atoms with Crippen LogP contribution < -0.4 is 5.73 Å². The van der Waals surface area contributed by atoms with Gasteiger partial charge in [-0.3, -0.25) is 0 Å². The zero-order valence-electron chi connectivity index (χ0n) is 11.0. The van der Waals surface area contributed by atoms with Crippen molar-refractivity contribution in [2.45, 2.75) is 52.0 Å². The number of nitrogens with two attached hydrogens (primary N) is 1. The van der Waals surface area contributed by atoms with Gasteiger partial charge in [0, 0.05) is 12.6 Å². The van der Waals surface area contributed by atoms with Crippen molar-refractivity contribution in [3.05, 3.63) is 0 Å². The molecule has 1 aliphatic heterocycles. The first-order chi connectivity index (χ1) is 7.65. The van der Waals surface area contributed by atoms with E-state index in [1.54, 1.807) is 0 Å². The lowest BCUT2D eigenvalue weighted by Gasteiger charge is -2.38. The van der Waals surface area contributed by atoms with E-state index in [4.69, 9.17) is 5.73 Å². The molecule has 1 heterocycles. The average Bonchev–Trinajstić information content (AvgIpc) is 2.27. The van der Waals surface area contributed by atoms with E-state index in [1.807, 2.05) is 0 Å². The number of nitrogens with zero attached hydrogens (tertiary/aromatic N) is 1. The summed E-state index contributed by atoms with van der Waals surface area (Å²) in [6, 6.07) is 0.468. The van der Waals surface area contributed by atoms with Crippen LogP contribution in [-0.2, 0) is 0 Å². The van der Waals surface area contributed by atoms with E-state index in [2.05, 4.69) is 18.7 Å². The van der Waals surface area contributed by atoms with Crippen LogP contribution in [0, 0.1) is 17.8 Å². The molecule has 1 aliphatic carbocycles. The van der Waals surface area contributed by atoms with Gasteiger partial charge >= 0.3 is 0 Å². The summed E-state index contributed by atoms with van der Waals surface area (Å²) in [6.45, 7) is 8.64. The minimum Gasteiger partial charge on any atom is -0.327 e. The summed E-state index contributed by atoms with van der Waals surface area (Å²) in [7, 11) is 0. The molecule has 1 saturated heterocycles. The Morgan fingerprint density at radius 1 is 1.00 bits per heavy atom. The fraction of sp³-hybridized carbons (Fsp3) is 1.00. The quantitative estimate of drug-likeness (QED) is 0.781. The second kappa shape index (κ2) is 5.50. The molecule has 0 aromatic carbocycles. The van der Waals surface area contributed by atoms with Crippen molar-refractivity contribution >= 4 is 0 Å². The Balaban J connectivity index is 1.79. The third-order valence-electron chi connectivity index (χ3n) is 4.67. The Labute approximate surface area is 101 Å². The van der Waals surface area contributed by atoms with Gasteiger partial charge in [0.25, 0.3) is 0 Å². The summed E-state index contributed by atoms with van der Waals surface area (Å²) in [4.78, 5) is 2.66. The molecule has 0 aromatic rings. The number of rotatable bonds is 2. The van der Waals surface area contributed by atoms with E-state index in [0.717, 1.165) is 17.8 Å². The molecule has 2 aliphatic rings. The van der Waals surface area contributed by atoms with Gasteiger partial charge in [-0.25, -0.2) is 0 Å². The Morgan fingerprint density at radius 2 is 1.69 bits per heavy atom. The van der Waals surface area contributed by atoms with Crippen molar-refractivity contribution in [2.75, 3.05) is 19.6 Å². The van der Waals surface area contributed by atoms with E-state index in [9.17, 15) is 0 Å². The van der Waals surface area contributed by atoms with Crippen LogP contribution in [0.4, 0.5) is 0 Å². The first kappa shape index (κ1) is 12.4. The fourth-order valence-electron chi connectivity index (χ4n) is 3.31. The highest BCUT2D eigenvalue weighted by atomic mass is 15.1. The summed E-state index contributed by atoms with van der Waals surface area (Å²) in [5.41, 5.74) is 6.26. The van der Waals surface area contributed by atoms with E-state index < -0.39 is 0 Å². The Morgan fingerprint density at radius 3 is 2.38 bits per heavy atom. The van der Waals surface area contributed by atoms with Crippen molar-refractivity contribution in [1.82, 2.24) is 4.90 Å². The molecule has 16 heavy (non-hydrogen) atoms. The van der Waals surface area contributed by atoms with Crippen LogP contribution >= 0.6 is 0 Å². The first-order valence-electron chi connectivity index (χ1n) is 7.13. The molecule has 1 saturated carbocycles. The molecule has 2 rings (SSSR count). The van der Waals surface area contributed by atoms with Crippen LogP contribution in [0.5, 0.6) is 0 Å². The Hall–Kier alpha value is -0.0800. The molecule has 0 aromatic heterocycles. The lowest BCUT2D eigenvalue weighted by atomic mass is 9.78. The minimum atomic E-state index is 0.468. The Bertz CT molecular complexity index is 209. The van der Waals surface area contributed by atoms with Gasteiger partial charge in [-0.15, -0.1) is 0 Å². The summed E-state index contributed by atoms with van der Waals surface area (Å²) in [6.07, 6.45) is 6.72. The van der Waals surface area contributed by atoms with Gasteiger partial charge in [-0.1, -0.05) is 13.8 Å². The lowest BCUT2D eigenvalue weighted by Crippen LogP contribution is -2.44. The molecule has 0 radical (unpaired) electrons. The monoisotopic (exact) mass is 224 g/mol. The molecule has 0 amide bonds. The molecule has 2 nitrogen and oxygen atoms in total. The minimum absolute atomic E-state index is 0.468. The van der Waals surface area contributed by atoms with Crippen molar-refractivity contribution in [2.24, 2.45) is 23.5 Å². The van der Waals surface area contributed by atoms with Gasteiger partial charge in [-0.2, -0.15) is 0 Å². The van der Waals surface area contributed by atoms with Crippen LogP contribution in [0.15, 0.2) is 0 Å². The molecule has 2 fully saturated rings. The normalized spacial score (nSPS) is 38.8. The predicted molar refractivity (Wildman–Crippen MR) is 69.3 cm³/mol. The maximum atomic E-state index is 6.26.